The van der Waals surface area contributed by atoms with Gasteiger partial charge in [-0.15, -0.1) is 0 Å². The summed E-state index contributed by atoms with van der Waals surface area (Å²) in [5.41, 5.74) is 19.6. The second-order valence-corrected chi connectivity index (χ2v) is 19.5. The lowest BCUT2D eigenvalue weighted by Crippen LogP contribution is -2.36. The number of para-hydroxylation sites is 2. The van der Waals surface area contributed by atoms with Crippen LogP contribution in [0.1, 0.15) is 47.2 Å². The molecule has 2 nitrogen and oxygen atoms in total. The molecule has 306 valence electrons. The van der Waals surface area contributed by atoms with E-state index < -0.39 is 5.41 Å². The summed E-state index contributed by atoms with van der Waals surface area (Å²) in [5.74, 6) is 0. The second kappa shape index (κ2) is 13.5. The number of hydrogen-bond donors (Lipinski definition) is 0. The van der Waals surface area contributed by atoms with E-state index in [-0.39, 0.29) is 5.41 Å². The van der Waals surface area contributed by atoms with Crippen LogP contribution in [0.5, 0.6) is 0 Å². The highest BCUT2D eigenvalue weighted by Gasteiger charge is 2.49. The molecular weight excluding hydrogens is 805 g/mol. The van der Waals surface area contributed by atoms with Gasteiger partial charge in [0.2, 0.25) is 0 Å². The molecule has 10 aromatic carbocycles. The molecule has 1 atom stereocenters. The largest absolute Gasteiger partial charge is 0.310 e. The summed E-state index contributed by atoms with van der Waals surface area (Å²) in [6.07, 6.45) is 0. The second-order valence-electron chi connectivity index (χ2n) is 18.4. The number of fused-ring (bicyclic) bond motifs is 14. The van der Waals surface area contributed by atoms with E-state index in [2.05, 4.69) is 242 Å². The lowest BCUT2D eigenvalue weighted by Gasteiger charge is -2.46. The third-order valence-electron chi connectivity index (χ3n) is 14.8. The van der Waals surface area contributed by atoms with Crippen LogP contribution in [0.25, 0.3) is 60.5 Å². The van der Waals surface area contributed by atoms with Gasteiger partial charge in [0.1, 0.15) is 0 Å². The Morgan fingerprint density at radius 3 is 1.91 bits per heavy atom. The molecular formula is C62H42N2S. The van der Waals surface area contributed by atoms with Gasteiger partial charge in [-0.3, -0.25) is 0 Å². The van der Waals surface area contributed by atoms with E-state index >= 15 is 0 Å². The molecule has 1 unspecified atom stereocenters. The number of hydrogen-bond acceptors (Lipinski definition) is 2. The summed E-state index contributed by atoms with van der Waals surface area (Å²) in [4.78, 5) is 5.10. The summed E-state index contributed by atoms with van der Waals surface area (Å²) in [6, 6.07) is 82.1. The van der Waals surface area contributed by atoms with Crippen molar-refractivity contribution in [3.63, 3.8) is 0 Å². The summed E-state index contributed by atoms with van der Waals surface area (Å²) in [6.45, 7) is 4.76. The Balaban J connectivity index is 1.07. The van der Waals surface area contributed by atoms with E-state index in [9.17, 15) is 0 Å². The van der Waals surface area contributed by atoms with Crippen LogP contribution in [-0.4, -0.2) is 4.57 Å². The minimum atomic E-state index is -0.516. The third-order valence-corrected chi connectivity index (χ3v) is 16.0. The van der Waals surface area contributed by atoms with Gasteiger partial charge in [-0.2, -0.15) is 0 Å². The average molecular weight is 847 g/mol. The molecule has 65 heavy (non-hydrogen) atoms. The normalized spacial score (nSPS) is 16.0. The first-order valence-electron chi connectivity index (χ1n) is 22.7. The lowest BCUT2D eigenvalue weighted by atomic mass is 9.59. The number of benzene rings is 10. The van der Waals surface area contributed by atoms with Crippen LogP contribution in [0.2, 0.25) is 0 Å². The molecule has 0 saturated carbocycles. The molecule has 0 amide bonds. The predicted octanol–water partition coefficient (Wildman–Crippen LogP) is 16.5. The smallest absolute Gasteiger partial charge is 0.0735 e. The summed E-state index contributed by atoms with van der Waals surface area (Å²) in [7, 11) is 0. The van der Waals surface area contributed by atoms with Crippen molar-refractivity contribution in [2.45, 2.75) is 34.5 Å². The van der Waals surface area contributed by atoms with Crippen LogP contribution in [0, 0.1) is 0 Å². The highest BCUT2D eigenvalue weighted by Crippen LogP contribution is 2.62. The van der Waals surface area contributed by atoms with Crippen LogP contribution < -0.4 is 4.90 Å². The van der Waals surface area contributed by atoms with E-state index in [0.717, 1.165) is 17.1 Å². The monoisotopic (exact) mass is 846 g/mol. The van der Waals surface area contributed by atoms with Gasteiger partial charge in [-0.05, 0) is 115 Å². The van der Waals surface area contributed by atoms with Crippen molar-refractivity contribution in [2.75, 3.05) is 4.90 Å². The van der Waals surface area contributed by atoms with E-state index in [0.29, 0.717) is 0 Å². The fourth-order valence-corrected chi connectivity index (χ4v) is 13.3. The third kappa shape index (κ3) is 4.91. The van der Waals surface area contributed by atoms with E-state index in [4.69, 9.17) is 0 Å². The van der Waals surface area contributed by atoms with Gasteiger partial charge in [-0.1, -0.05) is 189 Å². The molecule has 3 aliphatic rings. The van der Waals surface area contributed by atoms with E-state index in [1.165, 1.54) is 104 Å². The molecule has 2 aliphatic carbocycles. The molecule has 0 fully saturated rings. The van der Waals surface area contributed by atoms with E-state index in [1.807, 2.05) is 11.8 Å². The van der Waals surface area contributed by atoms with Crippen molar-refractivity contribution >= 4 is 61.4 Å². The Hall–Kier alpha value is -7.59. The fourth-order valence-electron chi connectivity index (χ4n) is 12.1. The van der Waals surface area contributed by atoms with Crippen LogP contribution in [0.3, 0.4) is 0 Å². The summed E-state index contributed by atoms with van der Waals surface area (Å²) < 4.78 is 2.43. The first-order chi connectivity index (χ1) is 32.0. The maximum Gasteiger partial charge on any atom is 0.0735 e. The van der Waals surface area contributed by atoms with Crippen molar-refractivity contribution in [3.8, 4) is 27.9 Å². The Morgan fingerprint density at radius 1 is 0.415 bits per heavy atom. The molecule has 14 rings (SSSR count). The van der Waals surface area contributed by atoms with Gasteiger partial charge in [0.15, 0.2) is 0 Å². The number of anilines is 3. The quantitative estimate of drug-likeness (QED) is 0.174. The zero-order valence-electron chi connectivity index (χ0n) is 36.1. The predicted molar refractivity (Wildman–Crippen MR) is 272 cm³/mol. The Labute approximate surface area is 383 Å². The maximum atomic E-state index is 2.54. The van der Waals surface area contributed by atoms with E-state index in [1.54, 1.807) is 0 Å². The summed E-state index contributed by atoms with van der Waals surface area (Å²) >= 11 is 1.91. The van der Waals surface area contributed by atoms with Crippen LogP contribution in [0.4, 0.5) is 17.1 Å². The molecule has 1 aliphatic heterocycles. The van der Waals surface area contributed by atoms with Crippen LogP contribution in [-0.2, 0) is 10.8 Å². The number of aromatic nitrogens is 1. The van der Waals surface area contributed by atoms with Crippen molar-refractivity contribution in [3.05, 3.63) is 252 Å². The molecule has 0 radical (unpaired) electrons. The molecule has 2 heterocycles. The average Bonchev–Trinajstić information content (AvgIpc) is 3.81. The van der Waals surface area contributed by atoms with Crippen LogP contribution >= 0.6 is 11.8 Å². The minimum absolute atomic E-state index is 0.148. The SMILES string of the molecule is CC1(C)c2ccccc2-c2c(N(c3ccc4c(c3)Sc3ccccc3C43c4ccccc4-c4cccc5cccc3c45)c3ccc4c5ccccc5n(-c5ccccc5)c4c3)cccc21. The summed E-state index contributed by atoms with van der Waals surface area (Å²) in [5, 5.41) is 5.11. The molecule has 1 spiro atoms. The van der Waals surface area contributed by atoms with Crippen molar-refractivity contribution in [1.29, 1.82) is 0 Å². The van der Waals surface area contributed by atoms with Crippen molar-refractivity contribution in [1.82, 2.24) is 4.57 Å². The zero-order valence-corrected chi connectivity index (χ0v) is 36.9. The molecule has 0 bridgehead atoms. The van der Waals surface area contributed by atoms with Crippen molar-refractivity contribution in [2.24, 2.45) is 0 Å². The highest BCUT2D eigenvalue weighted by molar-refractivity contribution is 7.99. The van der Waals surface area contributed by atoms with Gasteiger partial charge >= 0.3 is 0 Å². The highest BCUT2D eigenvalue weighted by atomic mass is 32.2. The lowest BCUT2D eigenvalue weighted by molar-refractivity contribution is 0.660. The standard InChI is InChI=1S/C62H42N2S/c1-61(2)48-25-9-7-23-47(48)60-52(61)28-16-31-55(60)63(41-33-35-45-44-22-8-12-30-54(44)64(56(45)37-41)40-19-4-3-5-20-40)42-34-36-51-58(38-42)65-57-32-13-11-27-50(57)62(51)49-26-10-6-21-43(49)46-24-14-17-39-18-15-29-53(62)59(39)46/h3-38H,1-2H3. The minimum Gasteiger partial charge on any atom is -0.310 e. The van der Waals surface area contributed by atoms with Gasteiger partial charge in [0, 0.05) is 48.6 Å². The van der Waals surface area contributed by atoms with Gasteiger partial charge in [0.05, 0.1) is 22.1 Å². The van der Waals surface area contributed by atoms with Gasteiger partial charge in [-0.25, -0.2) is 0 Å². The van der Waals surface area contributed by atoms with Crippen LogP contribution in [0.15, 0.2) is 228 Å². The zero-order chi connectivity index (χ0) is 43.0. The van der Waals surface area contributed by atoms with Gasteiger partial charge in [0.25, 0.3) is 0 Å². The molecule has 1 aromatic heterocycles. The topological polar surface area (TPSA) is 8.17 Å². The maximum absolute atomic E-state index is 2.54. The molecule has 0 saturated heterocycles. The molecule has 0 N–H and O–H groups in total. The number of nitrogens with zero attached hydrogens (tertiary/aromatic N) is 2. The molecule has 3 heteroatoms. The molecule has 11 aromatic rings. The first-order valence-corrected chi connectivity index (χ1v) is 23.5. The fraction of sp³-hybridized carbons (Fsp3) is 0.0645. The van der Waals surface area contributed by atoms with Crippen molar-refractivity contribution < 1.29 is 0 Å². The Kier molecular flexibility index (Phi) is 7.63. The Morgan fingerprint density at radius 2 is 1.03 bits per heavy atom. The Bertz CT molecular complexity index is 3800. The van der Waals surface area contributed by atoms with Gasteiger partial charge < -0.3 is 9.47 Å². The first kappa shape index (κ1) is 36.8. The number of rotatable bonds is 4.